The van der Waals surface area contributed by atoms with Gasteiger partial charge in [0.2, 0.25) is 13.3 Å². The van der Waals surface area contributed by atoms with E-state index in [0.29, 0.717) is 12.1 Å². The largest absolute Gasteiger partial charge is 0.480 e. The molecule has 0 spiro atoms. The van der Waals surface area contributed by atoms with Crippen LogP contribution in [-0.4, -0.2) is 40.2 Å². The van der Waals surface area contributed by atoms with Gasteiger partial charge in [-0.2, -0.15) is 0 Å². The molecule has 34 heavy (non-hydrogen) atoms. The Labute approximate surface area is 200 Å². The maximum atomic E-state index is 13.0. The first kappa shape index (κ1) is 25.4. The Morgan fingerprint density at radius 2 is 1.41 bits per heavy atom. The summed E-state index contributed by atoms with van der Waals surface area (Å²) in [7, 11) is -3.76. The highest BCUT2D eigenvalue weighted by atomic mass is 31.2. The van der Waals surface area contributed by atoms with Crippen LogP contribution in [0.4, 0.5) is 5.69 Å². The number of hydrogen-bond acceptors (Lipinski definition) is 3. The molecule has 6 nitrogen and oxygen atoms in total. The fraction of sp³-hybridized carbons (Fsp3) is 0.259. The maximum Gasteiger partial charge on any atom is 0.326 e. The third-order valence-corrected chi connectivity index (χ3v) is 7.49. The molecule has 3 aromatic carbocycles. The molecule has 1 unspecified atom stereocenters. The second-order valence-corrected chi connectivity index (χ2v) is 10.8. The van der Waals surface area contributed by atoms with E-state index in [2.05, 4.69) is 0 Å². The number of aliphatic carboxylic acids is 1. The molecule has 3 aromatic rings. The molecular formula is C27H30NO5P. The van der Waals surface area contributed by atoms with Crippen LogP contribution in [0, 0.1) is 0 Å². The summed E-state index contributed by atoms with van der Waals surface area (Å²) in [6, 6.07) is 25.3. The van der Waals surface area contributed by atoms with Crippen LogP contribution in [0.1, 0.15) is 25.3 Å². The van der Waals surface area contributed by atoms with Crippen LogP contribution in [0.5, 0.6) is 0 Å². The number of carboxylic acid groups (broad SMARTS) is 1. The van der Waals surface area contributed by atoms with Crippen LogP contribution < -0.4 is 4.90 Å². The number of carboxylic acids is 1. The Morgan fingerprint density at radius 3 is 2.00 bits per heavy atom. The van der Waals surface area contributed by atoms with E-state index in [1.54, 1.807) is 12.1 Å². The van der Waals surface area contributed by atoms with E-state index in [1.165, 1.54) is 6.92 Å². The fourth-order valence-corrected chi connectivity index (χ4v) is 5.29. The van der Waals surface area contributed by atoms with E-state index in [1.807, 2.05) is 72.8 Å². The smallest absolute Gasteiger partial charge is 0.326 e. The van der Waals surface area contributed by atoms with E-state index in [9.17, 15) is 24.2 Å². The number of aryl methyl sites for hydroxylation is 1. The molecule has 2 N–H and O–H groups in total. The first-order valence-electron chi connectivity index (χ1n) is 11.3. The number of anilines is 1. The third kappa shape index (κ3) is 7.14. The second-order valence-electron chi connectivity index (χ2n) is 8.36. The van der Waals surface area contributed by atoms with Crippen molar-refractivity contribution in [3.8, 4) is 11.1 Å². The number of benzene rings is 3. The lowest BCUT2D eigenvalue weighted by molar-refractivity contribution is -0.139. The third-order valence-electron chi connectivity index (χ3n) is 5.71. The molecule has 0 fully saturated rings. The number of unbranched alkanes of at least 4 members (excludes halogenated alkanes) is 1. The quantitative estimate of drug-likeness (QED) is 0.282. The van der Waals surface area contributed by atoms with Crippen molar-refractivity contribution in [2.24, 2.45) is 0 Å². The molecule has 0 heterocycles. The molecule has 7 heteroatoms. The van der Waals surface area contributed by atoms with Gasteiger partial charge in [-0.25, -0.2) is 4.79 Å². The average Bonchev–Trinajstić information content (AvgIpc) is 2.83. The van der Waals surface area contributed by atoms with Gasteiger partial charge in [0, 0.05) is 11.8 Å². The number of rotatable bonds is 11. The number of amides is 1. The van der Waals surface area contributed by atoms with Gasteiger partial charge in [0.25, 0.3) is 0 Å². The van der Waals surface area contributed by atoms with Gasteiger partial charge in [-0.3, -0.25) is 14.3 Å². The molecule has 3 rings (SSSR count). The topological polar surface area (TPSA) is 94.9 Å². The Kier molecular flexibility index (Phi) is 8.80. The molecular weight excluding hydrogens is 449 g/mol. The first-order chi connectivity index (χ1) is 16.3. The molecule has 0 aliphatic rings. The van der Waals surface area contributed by atoms with Gasteiger partial charge in [0.05, 0.1) is 0 Å². The molecule has 2 atom stereocenters. The van der Waals surface area contributed by atoms with Crippen molar-refractivity contribution < 1.29 is 24.2 Å². The predicted octanol–water partition coefficient (Wildman–Crippen LogP) is 5.45. The van der Waals surface area contributed by atoms with Gasteiger partial charge < -0.3 is 10.00 Å². The lowest BCUT2D eigenvalue weighted by atomic mass is 10.0. The Bertz CT molecular complexity index is 1130. The summed E-state index contributed by atoms with van der Waals surface area (Å²) < 4.78 is 12.8. The molecule has 0 bridgehead atoms. The minimum Gasteiger partial charge on any atom is -0.480 e. The summed E-state index contributed by atoms with van der Waals surface area (Å²) >= 11 is 0. The van der Waals surface area contributed by atoms with Crippen LogP contribution in [0.15, 0.2) is 84.9 Å². The van der Waals surface area contributed by atoms with Crippen molar-refractivity contribution in [2.45, 2.75) is 32.2 Å². The van der Waals surface area contributed by atoms with E-state index in [4.69, 9.17) is 0 Å². The molecule has 0 saturated carbocycles. The summed E-state index contributed by atoms with van der Waals surface area (Å²) in [6.07, 6.45) is 1.48. The van der Waals surface area contributed by atoms with Crippen LogP contribution in [0.3, 0.4) is 0 Å². The predicted molar refractivity (Wildman–Crippen MR) is 135 cm³/mol. The minimum absolute atomic E-state index is 0.0216. The van der Waals surface area contributed by atoms with Crippen LogP contribution in [0.2, 0.25) is 0 Å². The molecule has 1 amide bonds. The Morgan fingerprint density at radius 1 is 0.853 bits per heavy atom. The van der Waals surface area contributed by atoms with Gasteiger partial charge in [0.15, 0.2) is 0 Å². The lowest BCUT2D eigenvalue weighted by Crippen LogP contribution is -2.44. The zero-order chi connectivity index (χ0) is 24.6. The van der Waals surface area contributed by atoms with Gasteiger partial charge >= 0.3 is 5.97 Å². The van der Waals surface area contributed by atoms with Gasteiger partial charge in [-0.05, 0) is 55.0 Å². The van der Waals surface area contributed by atoms with Crippen LogP contribution in [0.25, 0.3) is 11.1 Å². The zero-order valence-corrected chi connectivity index (χ0v) is 20.1. The Balaban J connectivity index is 1.67. The average molecular weight is 480 g/mol. The number of carbonyl (C=O) groups excluding carboxylic acids is 1. The molecule has 178 valence electrons. The van der Waals surface area contributed by atoms with Crippen LogP contribution >= 0.6 is 7.37 Å². The van der Waals surface area contributed by atoms with E-state index >= 15 is 0 Å². The van der Waals surface area contributed by atoms with Gasteiger partial charge in [0.1, 0.15) is 12.2 Å². The van der Waals surface area contributed by atoms with E-state index < -0.39 is 31.4 Å². The van der Waals surface area contributed by atoms with Crippen LogP contribution in [-0.2, 0) is 20.6 Å². The molecule has 0 radical (unpaired) electrons. The SMILES string of the molecule is C[C@@H](C(=O)O)N(C(=O)CP(=O)(O)CCCCc1ccccc1)c1ccc(-c2ccccc2)cc1. The van der Waals surface area contributed by atoms with E-state index in [-0.39, 0.29) is 6.16 Å². The first-order valence-corrected chi connectivity index (χ1v) is 13.3. The summed E-state index contributed by atoms with van der Waals surface area (Å²) in [5, 5.41) is 9.55. The van der Waals surface area contributed by atoms with Crippen molar-refractivity contribution in [1.29, 1.82) is 0 Å². The Hall–Kier alpha value is -3.21. The van der Waals surface area contributed by atoms with E-state index in [0.717, 1.165) is 34.4 Å². The monoisotopic (exact) mass is 479 g/mol. The summed E-state index contributed by atoms with van der Waals surface area (Å²) in [5.74, 6) is -1.85. The molecule has 0 aliphatic heterocycles. The van der Waals surface area contributed by atoms with Crippen molar-refractivity contribution >= 4 is 24.9 Å². The number of hydrogen-bond donors (Lipinski definition) is 2. The minimum atomic E-state index is -3.76. The van der Waals surface area contributed by atoms with Crippen molar-refractivity contribution in [3.63, 3.8) is 0 Å². The number of carbonyl (C=O) groups is 2. The molecule has 0 saturated heterocycles. The highest BCUT2D eigenvalue weighted by Crippen LogP contribution is 2.42. The lowest BCUT2D eigenvalue weighted by Gasteiger charge is -2.28. The normalized spacial score (nSPS) is 13.6. The summed E-state index contributed by atoms with van der Waals surface area (Å²) in [5.41, 5.74) is 3.45. The van der Waals surface area contributed by atoms with Crippen molar-refractivity contribution in [1.82, 2.24) is 0 Å². The van der Waals surface area contributed by atoms with Gasteiger partial charge in [-0.1, -0.05) is 72.8 Å². The molecule has 0 aliphatic carbocycles. The fourth-order valence-electron chi connectivity index (χ4n) is 3.84. The highest BCUT2D eigenvalue weighted by molar-refractivity contribution is 7.59. The molecule has 0 aromatic heterocycles. The second kappa shape index (κ2) is 11.8. The highest BCUT2D eigenvalue weighted by Gasteiger charge is 2.32. The summed E-state index contributed by atoms with van der Waals surface area (Å²) in [6.45, 7) is 1.40. The maximum absolute atomic E-state index is 13.0. The number of nitrogens with zero attached hydrogens (tertiary/aromatic N) is 1. The van der Waals surface area contributed by atoms with Gasteiger partial charge in [-0.15, -0.1) is 0 Å². The van der Waals surface area contributed by atoms with Crippen molar-refractivity contribution in [3.05, 3.63) is 90.5 Å². The zero-order valence-electron chi connectivity index (χ0n) is 19.2. The van der Waals surface area contributed by atoms with Crippen molar-refractivity contribution in [2.75, 3.05) is 17.2 Å². The summed E-state index contributed by atoms with van der Waals surface area (Å²) in [4.78, 5) is 36.3. The standard InChI is InChI=1S/C27H30NO5P/c1-21(27(30)31)28(25-17-15-24(16-18-25)23-13-6-3-7-14-23)26(29)20-34(32,33)19-9-8-12-22-10-4-2-5-11-22/h2-7,10-11,13-18,21H,8-9,12,19-20H2,1H3,(H,30,31)(H,32,33)/t21-/m0/s1.